The Bertz CT molecular complexity index is 1090. The molecule has 2 aromatic carbocycles. The number of phenolic OH excluding ortho intramolecular Hbond substituents is 1. The number of benzene rings is 2. The molecule has 0 unspecified atom stereocenters. The molecule has 0 radical (unpaired) electrons. The number of hydrogen-bond acceptors (Lipinski definition) is 9. The predicted octanol–water partition coefficient (Wildman–Crippen LogP) is 3.97. The molecule has 0 saturated carbocycles. The van der Waals surface area contributed by atoms with Gasteiger partial charge >= 0.3 is 0 Å². The van der Waals surface area contributed by atoms with E-state index in [2.05, 4.69) is 69.3 Å². The van der Waals surface area contributed by atoms with Crippen LogP contribution in [0, 0.1) is 3.57 Å². The van der Waals surface area contributed by atoms with Crippen molar-refractivity contribution in [1.82, 2.24) is 15.0 Å². The summed E-state index contributed by atoms with van der Waals surface area (Å²) < 4.78 is 7.37. The molecule has 0 aliphatic carbocycles. The Morgan fingerprint density at radius 3 is 2.71 bits per heavy atom. The molecule has 2 heterocycles. The van der Waals surface area contributed by atoms with E-state index in [9.17, 15) is 5.11 Å². The normalized spacial score (nSPS) is 14.1. The number of anilines is 4. The van der Waals surface area contributed by atoms with E-state index in [4.69, 9.17) is 4.74 Å². The van der Waals surface area contributed by atoms with Crippen LogP contribution in [0.25, 0.3) is 0 Å². The Morgan fingerprint density at radius 1 is 1.10 bits per heavy atom. The highest BCUT2D eigenvalue weighted by atomic mass is 127. The average Bonchev–Trinajstić information content (AvgIpc) is 2.77. The SMILES string of the molecule is Oc1ccc(I)cc1/C=N\Nc1nc(Nc2cccc(Br)c2)nc(N2CCOCC2)n1. The third-order valence-electron chi connectivity index (χ3n) is 4.36. The Labute approximate surface area is 201 Å². The van der Waals surface area contributed by atoms with Crippen LogP contribution in [-0.2, 0) is 4.74 Å². The summed E-state index contributed by atoms with van der Waals surface area (Å²) in [7, 11) is 0. The Hall–Kier alpha value is -2.51. The molecule has 160 valence electrons. The van der Waals surface area contributed by atoms with Crippen LogP contribution in [0.15, 0.2) is 52.0 Å². The van der Waals surface area contributed by atoms with Crippen LogP contribution < -0.4 is 15.6 Å². The summed E-state index contributed by atoms with van der Waals surface area (Å²) in [4.78, 5) is 15.5. The highest BCUT2D eigenvalue weighted by Crippen LogP contribution is 2.22. The molecule has 0 atom stereocenters. The van der Waals surface area contributed by atoms with Crippen molar-refractivity contribution in [2.24, 2.45) is 5.10 Å². The van der Waals surface area contributed by atoms with Crippen molar-refractivity contribution < 1.29 is 9.84 Å². The van der Waals surface area contributed by atoms with Crippen molar-refractivity contribution in [3.63, 3.8) is 0 Å². The second-order valence-electron chi connectivity index (χ2n) is 6.59. The van der Waals surface area contributed by atoms with E-state index < -0.39 is 0 Å². The van der Waals surface area contributed by atoms with Crippen LogP contribution >= 0.6 is 38.5 Å². The number of morpholine rings is 1. The molecular weight excluding hydrogens is 577 g/mol. The number of hydrogen-bond donors (Lipinski definition) is 3. The highest BCUT2D eigenvalue weighted by Gasteiger charge is 2.16. The summed E-state index contributed by atoms with van der Waals surface area (Å²) in [5.41, 5.74) is 4.27. The molecule has 0 amide bonds. The van der Waals surface area contributed by atoms with Crippen LogP contribution in [0.5, 0.6) is 5.75 Å². The lowest BCUT2D eigenvalue weighted by Gasteiger charge is -2.27. The Balaban J connectivity index is 1.59. The molecule has 4 rings (SSSR count). The first-order valence-electron chi connectivity index (χ1n) is 9.46. The number of phenols is 1. The monoisotopic (exact) mass is 595 g/mol. The quantitative estimate of drug-likeness (QED) is 0.223. The zero-order valence-electron chi connectivity index (χ0n) is 16.3. The van der Waals surface area contributed by atoms with Crippen LogP contribution in [0.4, 0.5) is 23.5 Å². The third kappa shape index (κ3) is 6.02. The highest BCUT2D eigenvalue weighted by molar-refractivity contribution is 14.1. The largest absolute Gasteiger partial charge is 0.507 e. The molecule has 3 N–H and O–H groups in total. The van der Waals surface area contributed by atoms with Crippen LogP contribution in [0.2, 0.25) is 0 Å². The second kappa shape index (κ2) is 10.2. The maximum absolute atomic E-state index is 9.98. The van der Waals surface area contributed by atoms with Gasteiger partial charge in [0.2, 0.25) is 17.8 Å². The van der Waals surface area contributed by atoms with E-state index in [1.54, 1.807) is 6.07 Å². The number of halogens is 2. The van der Waals surface area contributed by atoms with Gasteiger partial charge in [0.15, 0.2) is 0 Å². The van der Waals surface area contributed by atoms with Crippen LogP contribution in [-0.4, -0.2) is 52.6 Å². The molecule has 3 aromatic rings. The zero-order valence-corrected chi connectivity index (χ0v) is 20.0. The van der Waals surface area contributed by atoms with Crippen molar-refractivity contribution in [2.45, 2.75) is 0 Å². The molecule has 31 heavy (non-hydrogen) atoms. The molecule has 9 nitrogen and oxygen atoms in total. The lowest BCUT2D eigenvalue weighted by Crippen LogP contribution is -2.37. The van der Waals surface area contributed by atoms with Gasteiger partial charge in [0.25, 0.3) is 0 Å². The number of nitrogens with zero attached hydrogens (tertiary/aromatic N) is 5. The van der Waals surface area contributed by atoms with Gasteiger partial charge in [0, 0.05) is 32.4 Å². The molecule has 0 spiro atoms. The number of aromatic nitrogens is 3. The van der Waals surface area contributed by atoms with Crippen LogP contribution in [0.1, 0.15) is 5.56 Å². The maximum Gasteiger partial charge on any atom is 0.250 e. The fourth-order valence-electron chi connectivity index (χ4n) is 2.86. The minimum absolute atomic E-state index is 0.146. The Morgan fingerprint density at radius 2 is 1.90 bits per heavy atom. The molecule has 1 aromatic heterocycles. The third-order valence-corrected chi connectivity index (χ3v) is 5.52. The summed E-state index contributed by atoms with van der Waals surface area (Å²) >= 11 is 5.64. The molecular formula is C20H19BrIN7O2. The maximum atomic E-state index is 9.98. The summed E-state index contributed by atoms with van der Waals surface area (Å²) in [5, 5.41) is 17.4. The van der Waals surface area contributed by atoms with Gasteiger partial charge in [-0.2, -0.15) is 20.1 Å². The van der Waals surface area contributed by atoms with Gasteiger partial charge in [-0.05, 0) is 59.0 Å². The number of rotatable bonds is 6. The van der Waals surface area contributed by atoms with Gasteiger partial charge in [-0.1, -0.05) is 22.0 Å². The first-order valence-corrected chi connectivity index (χ1v) is 11.3. The fourth-order valence-corrected chi connectivity index (χ4v) is 3.77. The van der Waals surface area contributed by atoms with Gasteiger partial charge in [0.05, 0.1) is 19.4 Å². The lowest BCUT2D eigenvalue weighted by atomic mass is 10.2. The van der Waals surface area contributed by atoms with Gasteiger partial charge in [-0.15, -0.1) is 0 Å². The molecule has 1 aliphatic rings. The standard InChI is InChI=1S/C20H19BrIN7O2/c21-14-2-1-3-16(11-14)24-18-25-19(27-20(26-18)29-6-8-31-9-7-29)28-23-12-13-10-15(22)4-5-17(13)30/h1-5,10-12,30H,6-9H2,(H2,24,25,26,27,28)/b23-12-. The van der Waals surface area contributed by atoms with Gasteiger partial charge in [-0.25, -0.2) is 5.43 Å². The van der Waals surface area contributed by atoms with Crippen molar-refractivity contribution in [3.05, 3.63) is 56.1 Å². The van der Waals surface area contributed by atoms with Crippen LogP contribution in [0.3, 0.4) is 0 Å². The second-order valence-corrected chi connectivity index (χ2v) is 8.75. The van der Waals surface area contributed by atoms with E-state index >= 15 is 0 Å². The van der Waals surface area contributed by atoms with Gasteiger partial charge in [0.1, 0.15) is 5.75 Å². The van der Waals surface area contributed by atoms with Crippen molar-refractivity contribution in [1.29, 1.82) is 0 Å². The molecule has 1 fully saturated rings. The number of aromatic hydroxyl groups is 1. The predicted molar refractivity (Wildman–Crippen MR) is 132 cm³/mol. The summed E-state index contributed by atoms with van der Waals surface area (Å²) in [5.74, 6) is 1.36. The number of hydrazone groups is 1. The van der Waals surface area contributed by atoms with Gasteiger partial charge < -0.3 is 20.1 Å². The topological polar surface area (TPSA) is 108 Å². The van der Waals surface area contributed by atoms with E-state index in [-0.39, 0.29) is 11.7 Å². The first kappa shape index (κ1) is 21.7. The number of ether oxygens (including phenoxy) is 1. The smallest absolute Gasteiger partial charge is 0.250 e. The molecule has 1 saturated heterocycles. The zero-order chi connectivity index (χ0) is 21.6. The summed E-state index contributed by atoms with van der Waals surface area (Å²) in [6.07, 6.45) is 1.52. The number of nitrogens with one attached hydrogen (secondary N) is 2. The molecule has 1 aliphatic heterocycles. The van der Waals surface area contributed by atoms with Crippen molar-refractivity contribution >= 4 is 68.3 Å². The lowest BCUT2D eigenvalue weighted by molar-refractivity contribution is 0.122. The average molecular weight is 596 g/mol. The summed E-state index contributed by atoms with van der Waals surface area (Å²) in [6.45, 7) is 2.62. The molecule has 11 heteroatoms. The minimum atomic E-state index is 0.146. The Kier molecular flexibility index (Phi) is 7.14. The van der Waals surface area contributed by atoms with E-state index in [1.165, 1.54) is 6.21 Å². The summed E-state index contributed by atoms with van der Waals surface area (Å²) in [6, 6.07) is 13.0. The fraction of sp³-hybridized carbons (Fsp3) is 0.200. The molecule has 0 bridgehead atoms. The first-order chi connectivity index (χ1) is 15.1. The van der Waals surface area contributed by atoms with Crippen molar-refractivity contribution in [2.75, 3.05) is 41.9 Å². The van der Waals surface area contributed by atoms with E-state index in [0.717, 1.165) is 13.7 Å². The van der Waals surface area contributed by atoms with Crippen molar-refractivity contribution in [3.8, 4) is 5.75 Å². The van der Waals surface area contributed by atoms with Gasteiger partial charge in [-0.3, -0.25) is 0 Å². The van der Waals surface area contributed by atoms with E-state index in [1.807, 2.05) is 41.3 Å². The van der Waals surface area contributed by atoms with E-state index in [0.29, 0.717) is 43.8 Å². The minimum Gasteiger partial charge on any atom is -0.507 e.